The van der Waals surface area contributed by atoms with Crippen LogP contribution in [0.4, 0.5) is 5.69 Å². The molecular weight excluding hydrogens is 416 g/mol. The zero-order valence-electron chi connectivity index (χ0n) is 18.7. The predicted molar refractivity (Wildman–Crippen MR) is 118 cm³/mol. The van der Waals surface area contributed by atoms with Gasteiger partial charge in [0, 0.05) is 18.9 Å². The van der Waals surface area contributed by atoms with E-state index in [9.17, 15) is 9.59 Å². The largest absolute Gasteiger partial charge is 0.493 e. The Morgan fingerprint density at radius 1 is 0.750 bits per heavy atom. The summed E-state index contributed by atoms with van der Waals surface area (Å²) in [6, 6.07) is 10.2. The molecule has 1 N–H and O–H groups in total. The highest BCUT2D eigenvalue weighted by Gasteiger charge is 2.39. The Balaban J connectivity index is 2.09. The van der Waals surface area contributed by atoms with Crippen molar-refractivity contribution in [3.05, 3.63) is 47.7 Å². The van der Waals surface area contributed by atoms with Gasteiger partial charge in [-0.1, -0.05) is 6.07 Å². The van der Waals surface area contributed by atoms with Crippen LogP contribution in [-0.2, 0) is 14.3 Å². The van der Waals surface area contributed by atoms with Gasteiger partial charge in [-0.25, -0.2) is 0 Å². The lowest BCUT2D eigenvalue weighted by Gasteiger charge is -2.15. The molecule has 0 saturated heterocycles. The quantitative estimate of drug-likeness (QED) is 0.561. The Morgan fingerprint density at radius 2 is 1.34 bits per heavy atom. The van der Waals surface area contributed by atoms with Gasteiger partial charge < -0.3 is 29.0 Å². The maximum Gasteiger partial charge on any atom is 0.278 e. The summed E-state index contributed by atoms with van der Waals surface area (Å²) >= 11 is 0. The monoisotopic (exact) mass is 442 g/mol. The van der Waals surface area contributed by atoms with Crippen molar-refractivity contribution in [1.29, 1.82) is 0 Å². The van der Waals surface area contributed by atoms with Gasteiger partial charge in [-0.3, -0.25) is 14.5 Å². The van der Waals surface area contributed by atoms with Crippen LogP contribution in [0.1, 0.15) is 5.56 Å². The SMILES string of the molecule is COCCN1C(=O)C(Nc2ccc(OC)c(OC)c2)=C(c2ccc(OC)c(OC)c2)C1=O. The minimum Gasteiger partial charge on any atom is -0.493 e. The average Bonchev–Trinajstić information content (AvgIpc) is 3.05. The van der Waals surface area contributed by atoms with E-state index < -0.39 is 11.8 Å². The van der Waals surface area contributed by atoms with Crippen LogP contribution < -0.4 is 24.3 Å². The molecule has 9 heteroatoms. The molecule has 170 valence electrons. The second-order valence-electron chi connectivity index (χ2n) is 6.77. The molecule has 1 aliphatic rings. The van der Waals surface area contributed by atoms with Crippen molar-refractivity contribution >= 4 is 23.1 Å². The van der Waals surface area contributed by atoms with Crippen molar-refractivity contribution in [3.63, 3.8) is 0 Å². The number of nitrogens with zero attached hydrogens (tertiary/aromatic N) is 1. The average molecular weight is 442 g/mol. The Kier molecular flexibility index (Phi) is 7.21. The van der Waals surface area contributed by atoms with Gasteiger partial charge in [-0.15, -0.1) is 0 Å². The minimum atomic E-state index is -0.452. The lowest BCUT2D eigenvalue weighted by molar-refractivity contribution is -0.137. The van der Waals surface area contributed by atoms with Crippen molar-refractivity contribution in [2.75, 3.05) is 54.0 Å². The highest BCUT2D eigenvalue weighted by molar-refractivity contribution is 6.36. The molecule has 2 aromatic rings. The van der Waals surface area contributed by atoms with E-state index in [0.29, 0.717) is 34.2 Å². The van der Waals surface area contributed by atoms with E-state index in [1.165, 1.54) is 35.5 Å². The van der Waals surface area contributed by atoms with E-state index in [2.05, 4.69) is 5.32 Å². The molecule has 0 aromatic heterocycles. The summed E-state index contributed by atoms with van der Waals surface area (Å²) in [7, 11) is 7.60. The molecule has 0 unspecified atom stereocenters. The molecule has 0 fully saturated rings. The van der Waals surface area contributed by atoms with E-state index in [1.54, 1.807) is 36.4 Å². The number of carbonyl (C=O) groups excluding carboxylic acids is 2. The topological polar surface area (TPSA) is 95.6 Å². The predicted octanol–water partition coefficient (Wildman–Crippen LogP) is 2.56. The van der Waals surface area contributed by atoms with Crippen molar-refractivity contribution in [2.24, 2.45) is 0 Å². The Labute approximate surface area is 186 Å². The fraction of sp³-hybridized carbons (Fsp3) is 0.304. The molecule has 0 spiro atoms. The second kappa shape index (κ2) is 10.1. The number of methoxy groups -OCH3 is 5. The van der Waals surface area contributed by atoms with Gasteiger partial charge in [0.15, 0.2) is 23.0 Å². The standard InChI is InChI=1S/C23H26N2O7/c1-28-11-10-25-22(26)20(14-6-8-16(29-2)18(12-14)31-4)21(23(25)27)24-15-7-9-17(30-3)19(13-15)32-5/h6-9,12-13,24H,10-11H2,1-5H3. The van der Waals surface area contributed by atoms with Gasteiger partial charge in [0.1, 0.15) is 5.70 Å². The third-order valence-corrected chi connectivity index (χ3v) is 5.01. The molecule has 1 heterocycles. The summed E-state index contributed by atoms with van der Waals surface area (Å²) < 4.78 is 26.3. The number of imide groups is 1. The van der Waals surface area contributed by atoms with Crippen LogP contribution >= 0.6 is 0 Å². The fourth-order valence-corrected chi connectivity index (χ4v) is 3.40. The van der Waals surface area contributed by atoms with E-state index >= 15 is 0 Å². The Hall–Kier alpha value is -3.72. The summed E-state index contributed by atoms with van der Waals surface area (Å²) in [5.41, 5.74) is 1.45. The van der Waals surface area contributed by atoms with Gasteiger partial charge in [0.05, 0.1) is 47.2 Å². The first-order valence-electron chi connectivity index (χ1n) is 9.79. The first-order chi connectivity index (χ1) is 15.5. The zero-order valence-corrected chi connectivity index (χ0v) is 18.7. The summed E-state index contributed by atoms with van der Waals surface area (Å²) in [5, 5.41) is 3.09. The highest BCUT2D eigenvalue weighted by Crippen LogP contribution is 2.37. The van der Waals surface area contributed by atoms with E-state index in [0.717, 1.165) is 4.90 Å². The maximum absolute atomic E-state index is 13.2. The van der Waals surface area contributed by atoms with Crippen molar-refractivity contribution in [2.45, 2.75) is 0 Å². The number of carbonyl (C=O) groups is 2. The first-order valence-corrected chi connectivity index (χ1v) is 9.79. The molecule has 0 radical (unpaired) electrons. The van der Waals surface area contributed by atoms with Gasteiger partial charge in [-0.2, -0.15) is 0 Å². The summed E-state index contributed by atoms with van der Waals surface area (Å²) in [6.45, 7) is 0.350. The lowest BCUT2D eigenvalue weighted by atomic mass is 10.0. The smallest absolute Gasteiger partial charge is 0.278 e. The maximum atomic E-state index is 13.2. The summed E-state index contributed by atoms with van der Waals surface area (Å²) in [6.07, 6.45) is 0. The highest BCUT2D eigenvalue weighted by atomic mass is 16.5. The van der Waals surface area contributed by atoms with Crippen LogP contribution in [0, 0.1) is 0 Å². The summed E-state index contributed by atoms with van der Waals surface area (Å²) in [4.78, 5) is 27.6. The Bertz CT molecular complexity index is 1050. The first kappa shape index (κ1) is 23.0. The molecule has 1 aliphatic heterocycles. The number of hydrogen-bond acceptors (Lipinski definition) is 8. The molecule has 0 bridgehead atoms. The number of rotatable bonds is 10. The van der Waals surface area contributed by atoms with Gasteiger partial charge in [0.25, 0.3) is 11.8 Å². The number of benzene rings is 2. The van der Waals surface area contributed by atoms with Crippen LogP contribution in [-0.4, -0.2) is 65.4 Å². The third kappa shape index (κ3) is 4.33. The zero-order chi connectivity index (χ0) is 23.3. The minimum absolute atomic E-state index is 0.127. The molecule has 0 saturated carbocycles. The van der Waals surface area contributed by atoms with Crippen LogP contribution in [0.15, 0.2) is 42.1 Å². The summed E-state index contributed by atoms with van der Waals surface area (Å²) in [5.74, 6) is 1.10. The fourth-order valence-electron chi connectivity index (χ4n) is 3.40. The van der Waals surface area contributed by atoms with Crippen LogP contribution in [0.3, 0.4) is 0 Å². The molecule has 9 nitrogen and oxygen atoms in total. The molecule has 0 aliphatic carbocycles. The van der Waals surface area contributed by atoms with E-state index in [1.807, 2.05) is 0 Å². The molecule has 2 amide bonds. The van der Waals surface area contributed by atoms with Crippen molar-refractivity contribution in [1.82, 2.24) is 4.90 Å². The van der Waals surface area contributed by atoms with Gasteiger partial charge >= 0.3 is 0 Å². The number of anilines is 1. The molecule has 3 rings (SSSR count). The second-order valence-corrected chi connectivity index (χ2v) is 6.77. The molecular formula is C23H26N2O7. The molecule has 32 heavy (non-hydrogen) atoms. The number of hydrogen-bond donors (Lipinski definition) is 1. The molecule has 2 aromatic carbocycles. The normalized spacial score (nSPS) is 13.5. The number of amides is 2. The van der Waals surface area contributed by atoms with Crippen LogP contribution in [0.25, 0.3) is 5.57 Å². The van der Waals surface area contributed by atoms with Crippen molar-refractivity contribution in [3.8, 4) is 23.0 Å². The van der Waals surface area contributed by atoms with Crippen molar-refractivity contribution < 1.29 is 33.3 Å². The van der Waals surface area contributed by atoms with E-state index in [-0.39, 0.29) is 24.4 Å². The van der Waals surface area contributed by atoms with Crippen LogP contribution in [0.5, 0.6) is 23.0 Å². The van der Waals surface area contributed by atoms with Gasteiger partial charge in [-0.05, 0) is 29.8 Å². The molecule has 0 atom stereocenters. The number of ether oxygens (including phenoxy) is 5. The lowest BCUT2D eigenvalue weighted by Crippen LogP contribution is -2.35. The number of nitrogens with one attached hydrogen (secondary N) is 1. The third-order valence-electron chi connectivity index (χ3n) is 5.01. The van der Waals surface area contributed by atoms with E-state index in [4.69, 9.17) is 23.7 Å². The Morgan fingerprint density at radius 3 is 1.94 bits per heavy atom. The van der Waals surface area contributed by atoms with Crippen LogP contribution in [0.2, 0.25) is 0 Å². The van der Waals surface area contributed by atoms with Gasteiger partial charge in [0.2, 0.25) is 0 Å².